The third-order valence-electron chi connectivity index (χ3n) is 3.20. The maximum atomic E-state index is 9.21. The third-order valence-corrected chi connectivity index (χ3v) is 4.29. The van der Waals surface area contributed by atoms with Gasteiger partial charge in [0.15, 0.2) is 0 Å². The van der Waals surface area contributed by atoms with Crippen molar-refractivity contribution in [1.82, 2.24) is 0 Å². The molecule has 0 aliphatic rings. The Morgan fingerprint density at radius 3 is 2.20 bits per heavy atom. The second-order valence-corrected chi connectivity index (χ2v) is 7.10. The molecule has 2 rings (SSSR count). The molecule has 0 heterocycles. The van der Waals surface area contributed by atoms with E-state index in [0.29, 0.717) is 0 Å². The lowest BCUT2D eigenvalue weighted by atomic mass is 9.87. The summed E-state index contributed by atoms with van der Waals surface area (Å²) in [6.07, 6.45) is 0. The normalized spacial score (nSPS) is 11.2. The van der Waals surface area contributed by atoms with Crippen LogP contribution in [0.3, 0.4) is 0 Å². The van der Waals surface area contributed by atoms with Crippen LogP contribution < -0.4 is 0 Å². The Morgan fingerprint density at radius 2 is 1.65 bits per heavy atom. The topological polar surface area (TPSA) is 23.8 Å². The Kier molecular flexibility index (Phi) is 4.20. The van der Waals surface area contributed by atoms with Gasteiger partial charge in [-0.15, -0.1) is 0 Å². The van der Waals surface area contributed by atoms with E-state index in [1.807, 2.05) is 25.1 Å². The van der Waals surface area contributed by atoms with Gasteiger partial charge in [0.2, 0.25) is 0 Å². The summed E-state index contributed by atoms with van der Waals surface area (Å²) in [6, 6.07) is 16.9. The van der Waals surface area contributed by atoms with E-state index in [0.717, 1.165) is 16.0 Å². The van der Waals surface area contributed by atoms with Gasteiger partial charge in [-0.05, 0) is 47.7 Å². The molecule has 1 nitrogen and oxygen atoms in total. The molecule has 102 valence electrons. The Labute approximate surface area is 125 Å². The van der Waals surface area contributed by atoms with Crippen LogP contribution in [0.15, 0.2) is 52.3 Å². The lowest BCUT2D eigenvalue weighted by Gasteiger charge is -2.19. The smallest absolute Gasteiger partial charge is 0.100 e. The van der Waals surface area contributed by atoms with E-state index >= 15 is 0 Å². The highest BCUT2D eigenvalue weighted by Crippen LogP contribution is 2.32. The molecule has 0 bridgehead atoms. The molecule has 2 aromatic carbocycles. The monoisotopic (exact) mass is 281 g/mol. The van der Waals surface area contributed by atoms with Crippen LogP contribution in [0.5, 0.6) is 0 Å². The molecule has 0 atom stereocenters. The van der Waals surface area contributed by atoms with Crippen LogP contribution in [-0.4, -0.2) is 0 Å². The first-order valence-electron chi connectivity index (χ1n) is 6.69. The van der Waals surface area contributed by atoms with Gasteiger partial charge in [0.25, 0.3) is 0 Å². The predicted molar refractivity (Wildman–Crippen MR) is 85.2 cm³/mol. The van der Waals surface area contributed by atoms with Gasteiger partial charge in [0.05, 0.1) is 5.56 Å². The molecule has 20 heavy (non-hydrogen) atoms. The van der Waals surface area contributed by atoms with E-state index in [2.05, 4.69) is 51.1 Å². The predicted octanol–water partition coefficient (Wildman–Crippen LogP) is 5.32. The van der Waals surface area contributed by atoms with Gasteiger partial charge in [-0.3, -0.25) is 0 Å². The SMILES string of the molecule is Cc1ccc(Sc2ccc(C(C)(C)C)cc2)c(C#N)c1. The molecule has 2 heteroatoms. The Morgan fingerprint density at radius 1 is 1.00 bits per heavy atom. The number of aryl methyl sites for hydroxylation is 1. The van der Waals surface area contributed by atoms with Crippen LogP contribution >= 0.6 is 11.8 Å². The summed E-state index contributed by atoms with van der Waals surface area (Å²) in [5.74, 6) is 0. The van der Waals surface area contributed by atoms with Gasteiger partial charge in [-0.1, -0.05) is 50.7 Å². The molecule has 0 saturated carbocycles. The molecular formula is C18H19NS. The van der Waals surface area contributed by atoms with Crippen LogP contribution in [-0.2, 0) is 5.41 Å². The van der Waals surface area contributed by atoms with E-state index in [1.165, 1.54) is 10.5 Å². The summed E-state index contributed by atoms with van der Waals surface area (Å²) in [7, 11) is 0. The van der Waals surface area contributed by atoms with Crippen LogP contribution in [0.1, 0.15) is 37.5 Å². The second kappa shape index (κ2) is 5.73. The van der Waals surface area contributed by atoms with Crippen molar-refractivity contribution in [3.63, 3.8) is 0 Å². The lowest BCUT2D eigenvalue weighted by Crippen LogP contribution is -2.10. The van der Waals surface area contributed by atoms with Crippen molar-refractivity contribution < 1.29 is 0 Å². The summed E-state index contributed by atoms with van der Waals surface area (Å²) in [4.78, 5) is 2.18. The number of nitriles is 1. The second-order valence-electron chi connectivity index (χ2n) is 5.99. The van der Waals surface area contributed by atoms with E-state index in [9.17, 15) is 5.26 Å². The maximum absolute atomic E-state index is 9.21. The molecule has 0 N–H and O–H groups in total. The minimum absolute atomic E-state index is 0.171. The van der Waals surface area contributed by atoms with Gasteiger partial charge in [0, 0.05) is 9.79 Å². The van der Waals surface area contributed by atoms with Crippen molar-refractivity contribution in [3.8, 4) is 6.07 Å². The van der Waals surface area contributed by atoms with Crippen LogP contribution in [0, 0.1) is 18.3 Å². The average Bonchev–Trinajstić information content (AvgIpc) is 2.40. The molecule has 0 saturated heterocycles. The fourth-order valence-electron chi connectivity index (χ4n) is 1.97. The number of rotatable bonds is 2. The summed E-state index contributed by atoms with van der Waals surface area (Å²) in [6.45, 7) is 8.64. The highest BCUT2D eigenvalue weighted by atomic mass is 32.2. The minimum atomic E-state index is 0.171. The van der Waals surface area contributed by atoms with Crippen molar-refractivity contribution in [1.29, 1.82) is 5.26 Å². The number of hydrogen-bond acceptors (Lipinski definition) is 2. The standard InChI is InChI=1S/C18H19NS/c1-13-5-10-17(14(11-13)12-19)20-16-8-6-15(7-9-16)18(2,3)4/h5-11H,1-4H3. The molecule has 0 amide bonds. The lowest BCUT2D eigenvalue weighted by molar-refractivity contribution is 0.590. The number of nitrogens with zero attached hydrogens (tertiary/aromatic N) is 1. The quantitative estimate of drug-likeness (QED) is 0.744. The highest BCUT2D eigenvalue weighted by Gasteiger charge is 2.13. The zero-order valence-corrected chi connectivity index (χ0v) is 13.2. The minimum Gasteiger partial charge on any atom is -0.192 e. The summed E-state index contributed by atoms with van der Waals surface area (Å²) in [5, 5.41) is 9.21. The summed E-state index contributed by atoms with van der Waals surface area (Å²) in [5.41, 5.74) is 3.36. The van der Waals surface area contributed by atoms with Gasteiger partial charge >= 0.3 is 0 Å². The first-order chi connectivity index (χ1) is 9.40. The van der Waals surface area contributed by atoms with E-state index in [-0.39, 0.29) is 5.41 Å². The molecule has 2 aromatic rings. The Hall–Kier alpha value is -1.72. The molecule has 0 unspecified atom stereocenters. The molecule has 0 aliphatic carbocycles. The molecule has 0 fully saturated rings. The van der Waals surface area contributed by atoms with Gasteiger partial charge in [0.1, 0.15) is 6.07 Å². The van der Waals surface area contributed by atoms with Crippen LogP contribution in [0.4, 0.5) is 0 Å². The summed E-state index contributed by atoms with van der Waals surface area (Å²) < 4.78 is 0. The molecule has 0 radical (unpaired) electrons. The van der Waals surface area contributed by atoms with Crippen molar-refractivity contribution in [2.24, 2.45) is 0 Å². The van der Waals surface area contributed by atoms with Crippen LogP contribution in [0.25, 0.3) is 0 Å². The highest BCUT2D eigenvalue weighted by molar-refractivity contribution is 7.99. The zero-order valence-electron chi connectivity index (χ0n) is 12.4. The largest absolute Gasteiger partial charge is 0.192 e. The Bertz CT molecular complexity index is 643. The first kappa shape index (κ1) is 14.7. The van der Waals surface area contributed by atoms with Gasteiger partial charge in [-0.25, -0.2) is 0 Å². The van der Waals surface area contributed by atoms with Crippen molar-refractivity contribution >= 4 is 11.8 Å². The van der Waals surface area contributed by atoms with Crippen molar-refractivity contribution in [2.75, 3.05) is 0 Å². The third kappa shape index (κ3) is 3.43. The zero-order chi connectivity index (χ0) is 14.8. The summed E-state index contributed by atoms with van der Waals surface area (Å²) >= 11 is 1.64. The molecular weight excluding hydrogens is 262 g/mol. The van der Waals surface area contributed by atoms with E-state index in [1.54, 1.807) is 11.8 Å². The number of hydrogen-bond donors (Lipinski definition) is 0. The van der Waals surface area contributed by atoms with Crippen molar-refractivity contribution in [2.45, 2.75) is 42.9 Å². The molecule has 0 spiro atoms. The fourth-order valence-corrected chi connectivity index (χ4v) is 2.85. The molecule has 0 aliphatic heterocycles. The van der Waals surface area contributed by atoms with Crippen LogP contribution in [0.2, 0.25) is 0 Å². The van der Waals surface area contributed by atoms with Gasteiger partial charge < -0.3 is 0 Å². The van der Waals surface area contributed by atoms with Gasteiger partial charge in [-0.2, -0.15) is 5.26 Å². The maximum Gasteiger partial charge on any atom is 0.100 e. The molecule has 0 aromatic heterocycles. The van der Waals surface area contributed by atoms with E-state index in [4.69, 9.17) is 0 Å². The average molecular weight is 281 g/mol. The number of benzene rings is 2. The van der Waals surface area contributed by atoms with Crippen molar-refractivity contribution in [3.05, 3.63) is 59.2 Å². The Balaban J connectivity index is 2.25. The van der Waals surface area contributed by atoms with E-state index < -0.39 is 0 Å². The fraction of sp³-hybridized carbons (Fsp3) is 0.278. The first-order valence-corrected chi connectivity index (χ1v) is 7.51.